The van der Waals surface area contributed by atoms with Gasteiger partial charge in [0.15, 0.2) is 5.76 Å². The van der Waals surface area contributed by atoms with Crippen LogP contribution in [0.15, 0.2) is 11.8 Å². The Morgan fingerprint density at radius 2 is 2.10 bits per heavy atom. The number of nitro groups is 2. The molecule has 1 saturated heterocycles. The average molecular weight is 301 g/mol. The minimum atomic E-state index is -1.77. The van der Waals surface area contributed by atoms with Gasteiger partial charge in [0.2, 0.25) is 5.54 Å². The molecule has 0 amide bonds. The first kappa shape index (κ1) is 15.2. The molecule has 2 atom stereocenters. The summed E-state index contributed by atoms with van der Waals surface area (Å²) in [6.45, 7) is -0.834. The van der Waals surface area contributed by atoms with Crippen molar-refractivity contribution in [2.45, 2.75) is 23.9 Å². The van der Waals surface area contributed by atoms with Crippen molar-refractivity contribution >= 4 is 5.97 Å². The van der Waals surface area contributed by atoms with Crippen LogP contribution in [0.2, 0.25) is 0 Å². The third kappa shape index (κ3) is 2.31. The van der Waals surface area contributed by atoms with Crippen LogP contribution in [0.3, 0.4) is 0 Å². The van der Waals surface area contributed by atoms with Crippen molar-refractivity contribution in [3.8, 4) is 0 Å². The lowest BCUT2D eigenvalue weighted by atomic mass is 9.71. The van der Waals surface area contributed by atoms with Gasteiger partial charge in [-0.3, -0.25) is 29.9 Å². The lowest BCUT2D eigenvalue weighted by Crippen LogP contribution is -2.68. The first-order valence-electron chi connectivity index (χ1n) is 6.23. The van der Waals surface area contributed by atoms with Crippen LogP contribution >= 0.6 is 0 Å². The highest BCUT2D eigenvalue weighted by molar-refractivity contribution is 5.69. The quantitative estimate of drug-likeness (QED) is 0.542. The zero-order valence-electron chi connectivity index (χ0n) is 11.4. The minimum Gasteiger partial charge on any atom is -0.494 e. The Kier molecular flexibility index (Phi) is 3.58. The van der Waals surface area contributed by atoms with Gasteiger partial charge in [-0.2, -0.15) is 0 Å². The number of hydrogen-bond acceptors (Lipinski definition) is 7. The zero-order chi connectivity index (χ0) is 15.8. The van der Waals surface area contributed by atoms with Crippen molar-refractivity contribution in [1.82, 2.24) is 4.90 Å². The molecule has 10 heteroatoms. The maximum Gasteiger partial charge on any atom is 0.317 e. The molecule has 116 valence electrons. The van der Waals surface area contributed by atoms with E-state index in [-0.39, 0.29) is 31.7 Å². The third-order valence-corrected chi connectivity index (χ3v) is 4.07. The molecule has 0 aromatic rings. The molecule has 1 aliphatic heterocycles. The second-order valence-corrected chi connectivity index (χ2v) is 5.46. The molecule has 21 heavy (non-hydrogen) atoms. The number of ether oxygens (including phenoxy) is 1. The van der Waals surface area contributed by atoms with Crippen LogP contribution in [-0.4, -0.2) is 63.6 Å². The Morgan fingerprint density at radius 1 is 1.43 bits per heavy atom. The van der Waals surface area contributed by atoms with E-state index in [2.05, 4.69) is 0 Å². The molecule has 1 heterocycles. The molecular formula is C11H15N3O7. The van der Waals surface area contributed by atoms with Crippen LogP contribution in [0.25, 0.3) is 0 Å². The molecule has 0 radical (unpaired) electrons. The molecule has 1 fully saturated rings. The maximum atomic E-state index is 11.5. The summed E-state index contributed by atoms with van der Waals surface area (Å²) in [6, 6.07) is 0. The number of rotatable bonds is 5. The van der Waals surface area contributed by atoms with Crippen LogP contribution in [-0.2, 0) is 9.53 Å². The van der Waals surface area contributed by atoms with E-state index in [1.54, 1.807) is 0 Å². The van der Waals surface area contributed by atoms with Gasteiger partial charge in [-0.15, -0.1) is 0 Å². The van der Waals surface area contributed by atoms with Gasteiger partial charge in [-0.25, -0.2) is 0 Å². The van der Waals surface area contributed by atoms with Gasteiger partial charge in [-0.05, 0) is 6.08 Å². The molecule has 2 bridgehead atoms. The summed E-state index contributed by atoms with van der Waals surface area (Å²) in [4.78, 5) is 33.9. The van der Waals surface area contributed by atoms with Gasteiger partial charge < -0.3 is 9.84 Å². The number of fused-ring (bicyclic) bond motifs is 2. The molecule has 2 aliphatic rings. The fourth-order valence-corrected chi connectivity index (χ4v) is 3.26. The van der Waals surface area contributed by atoms with Crippen molar-refractivity contribution in [2.24, 2.45) is 0 Å². The number of carbonyl (C=O) groups is 1. The van der Waals surface area contributed by atoms with Gasteiger partial charge in [0.05, 0.1) is 33.2 Å². The summed E-state index contributed by atoms with van der Waals surface area (Å²) < 4.78 is 5.04. The largest absolute Gasteiger partial charge is 0.494 e. The Morgan fingerprint density at radius 3 is 2.57 bits per heavy atom. The highest BCUT2D eigenvalue weighted by Gasteiger charge is 2.66. The van der Waals surface area contributed by atoms with E-state index < -0.39 is 33.4 Å². The molecule has 0 aromatic carbocycles. The van der Waals surface area contributed by atoms with E-state index >= 15 is 0 Å². The predicted molar refractivity (Wildman–Crippen MR) is 67.9 cm³/mol. The van der Waals surface area contributed by atoms with E-state index in [0.717, 1.165) is 0 Å². The number of piperidine rings is 1. The summed E-state index contributed by atoms with van der Waals surface area (Å²) >= 11 is 0. The zero-order valence-corrected chi connectivity index (χ0v) is 11.4. The Hall–Kier alpha value is -2.23. The Balaban J connectivity index is 2.49. The molecule has 1 aliphatic carbocycles. The molecule has 0 spiro atoms. The van der Waals surface area contributed by atoms with E-state index in [0.29, 0.717) is 0 Å². The number of likely N-dealkylation sites (tertiary alicyclic amines) is 1. The van der Waals surface area contributed by atoms with Crippen molar-refractivity contribution in [3.05, 3.63) is 32.1 Å². The lowest BCUT2D eigenvalue weighted by Gasteiger charge is -2.44. The first-order valence-corrected chi connectivity index (χ1v) is 6.23. The molecule has 2 rings (SSSR count). The maximum absolute atomic E-state index is 11.5. The molecule has 10 nitrogen and oxygen atoms in total. The SMILES string of the molecule is COC1=CC[C@@]2([N+](=O)[O-])CN(CC(=O)O)C[C@@]1([N+](=O)[O-])C2. The van der Waals surface area contributed by atoms with Gasteiger partial charge >= 0.3 is 5.97 Å². The van der Waals surface area contributed by atoms with E-state index in [1.807, 2.05) is 0 Å². The first-order chi connectivity index (χ1) is 9.75. The van der Waals surface area contributed by atoms with Gasteiger partial charge in [0.1, 0.15) is 0 Å². The molecule has 0 unspecified atom stereocenters. The van der Waals surface area contributed by atoms with Crippen molar-refractivity contribution in [1.29, 1.82) is 0 Å². The molecule has 0 aromatic heterocycles. The van der Waals surface area contributed by atoms with Crippen molar-refractivity contribution in [3.63, 3.8) is 0 Å². The summed E-state index contributed by atoms with van der Waals surface area (Å²) in [6.07, 6.45) is 1.07. The van der Waals surface area contributed by atoms with Crippen molar-refractivity contribution < 1.29 is 24.5 Å². The third-order valence-electron chi connectivity index (χ3n) is 4.07. The fraction of sp³-hybridized carbons (Fsp3) is 0.727. The van der Waals surface area contributed by atoms with Crippen LogP contribution in [0.1, 0.15) is 12.8 Å². The number of carboxylic acid groups (broad SMARTS) is 1. The van der Waals surface area contributed by atoms with Gasteiger partial charge in [-0.1, -0.05) is 0 Å². The van der Waals surface area contributed by atoms with Crippen molar-refractivity contribution in [2.75, 3.05) is 26.7 Å². The average Bonchev–Trinajstić information content (AvgIpc) is 2.37. The van der Waals surface area contributed by atoms with E-state index in [9.17, 15) is 25.0 Å². The summed E-state index contributed by atoms with van der Waals surface area (Å²) in [5, 5.41) is 31.8. The Labute approximate surface area is 119 Å². The summed E-state index contributed by atoms with van der Waals surface area (Å²) in [5.41, 5.74) is -3.32. The normalized spacial score (nSPS) is 32.1. The highest BCUT2D eigenvalue weighted by Crippen LogP contribution is 2.44. The summed E-state index contributed by atoms with van der Waals surface area (Å²) in [7, 11) is 1.27. The minimum absolute atomic E-state index is 0.0190. The predicted octanol–water partition coefficient (Wildman–Crippen LogP) is -0.258. The van der Waals surface area contributed by atoms with Gasteiger partial charge in [0.25, 0.3) is 5.54 Å². The second kappa shape index (κ2) is 4.95. The van der Waals surface area contributed by atoms with E-state index in [1.165, 1.54) is 18.1 Å². The van der Waals surface area contributed by atoms with E-state index in [4.69, 9.17) is 9.84 Å². The monoisotopic (exact) mass is 301 g/mol. The standard InChI is InChI=1S/C11H15N3O7/c1-21-8-2-3-10(13(17)18)5-11(8,14(19)20)7-12(6-10)4-9(15)16/h2H,3-7H2,1H3,(H,15,16)/t10-,11-/m0/s1. The van der Waals surface area contributed by atoms with Crippen LogP contribution in [0, 0.1) is 20.2 Å². The van der Waals surface area contributed by atoms with Crippen LogP contribution < -0.4 is 0 Å². The smallest absolute Gasteiger partial charge is 0.317 e. The number of nitrogens with zero attached hydrogens (tertiary/aromatic N) is 3. The fourth-order valence-electron chi connectivity index (χ4n) is 3.26. The van der Waals surface area contributed by atoms with Crippen LogP contribution in [0.5, 0.6) is 0 Å². The van der Waals surface area contributed by atoms with Crippen LogP contribution in [0.4, 0.5) is 0 Å². The number of carboxylic acids is 1. The second-order valence-electron chi connectivity index (χ2n) is 5.46. The number of hydrogen-bond donors (Lipinski definition) is 1. The highest BCUT2D eigenvalue weighted by atomic mass is 16.6. The summed E-state index contributed by atoms with van der Waals surface area (Å²) in [5.74, 6) is -1.13. The molecule has 1 N–H and O–H groups in total. The molecule has 0 saturated carbocycles. The number of aliphatic carboxylic acids is 1. The number of methoxy groups -OCH3 is 1. The van der Waals surface area contributed by atoms with Gasteiger partial charge in [0, 0.05) is 16.3 Å². The Bertz CT molecular complexity index is 534. The topological polar surface area (TPSA) is 136 Å². The lowest BCUT2D eigenvalue weighted by molar-refractivity contribution is -0.624. The molecular weight excluding hydrogens is 286 g/mol.